The van der Waals surface area contributed by atoms with E-state index >= 15 is 0 Å². The van der Waals surface area contributed by atoms with Crippen molar-refractivity contribution in [1.82, 2.24) is 20.2 Å². The number of hydrogen-bond donors (Lipinski definition) is 1. The summed E-state index contributed by atoms with van der Waals surface area (Å²) in [6, 6.07) is 7.73. The second kappa shape index (κ2) is 4.89. The van der Waals surface area contributed by atoms with Crippen LogP contribution in [0.4, 0.5) is 0 Å². The molecule has 94 valence electrons. The van der Waals surface area contributed by atoms with Crippen LogP contribution in [0.25, 0.3) is 22.4 Å². The summed E-state index contributed by atoms with van der Waals surface area (Å²) in [5, 5.41) is 7.64. The van der Waals surface area contributed by atoms with Crippen molar-refractivity contribution in [3.63, 3.8) is 0 Å². The summed E-state index contributed by atoms with van der Waals surface area (Å²) in [4.78, 5) is 7.70. The third-order valence-electron chi connectivity index (χ3n) is 2.69. The van der Waals surface area contributed by atoms with Crippen LogP contribution in [0.2, 0.25) is 0 Å². The normalized spacial score (nSPS) is 10.5. The largest absolute Gasteiger partial charge is 0.489 e. The van der Waals surface area contributed by atoms with Crippen LogP contribution in [0, 0.1) is 0 Å². The van der Waals surface area contributed by atoms with Gasteiger partial charge in [0, 0.05) is 0 Å². The first kappa shape index (κ1) is 11.4. The number of ether oxygens (including phenoxy) is 1. The maximum absolute atomic E-state index is 5.63. The van der Waals surface area contributed by atoms with Crippen molar-refractivity contribution < 1.29 is 4.74 Å². The fourth-order valence-electron chi connectivity index (χ4n) is 1.84. The fourth-order valence-corrected chi connectivity index (χ4v) is 1.84. The molecule has 1 aromatic carbocycles. The molecule has 3 aromatic rings. The van der Waals surface area contributed by atoms with Gasteiger partial charge in [0.1, 0.15) is 23.7 Å². The molecule has 0 aliphatic heterocycles. The number of rotatable bonds is 4. The van der Waals surface area contributed by atoms with Crippen molar-refractivity contribution in [3.05, 3.63) is 49.3 Å². The predicted molar refractivity (Wildman–Crippen MR) is 72.8 cm³/mol. The Hall–Kier alpha value is -2.69. The fraction of sp³-hybridized carbons (Fsp3) is 0.0714. The average molecular weight is 252 g/mol. The van der Waals surface area contributed by atoms with Gasteiger partial charge >= 0.3 is 0 Å². The second-order valence-electron chi connectivity index (χ2n) is 3.97. The second-order valence-corrected chi connectivity index (χ2v) is 3.97. The molecule has 0 spiro atoms. The van der Waals surface area contributed by atoms with Gasteiger partial charge < -0.3 is 9.72 Å². The Morgan fingerprint density at radius 2 is 2.05 bits per heavy atom. The van der Waals surface area contributed by atoms with E-state index in [0.29, 0.717) is 6.61 Å². The topological polar surface area (TPSA) is 63.7 Å². The van der Waals surface area contributed by atoms with Gasteiger partial charge in [-0.05, 0) is 12.1 Å². The first-order valence-electron chi connectivity index (χ1n) is 5.88. The molecule has 0 aliphatic carbocycles. The van der Waals surface area contributed by atoms with Crippen LogP contribution in [-0.4, -0.2) is 26.8 Å². The molecule has 0 amide bonds. The van der Waals surface area contributed by atoms with E-state index < -0.39 is 0 Å². The van der Waals surface area contributed by atoms with Gasteiger partial charge in [-0.15, -0.1) is 0 Å². The zero-order valence-corrected chi connectivity index (χ0v) is 10.2. The van der Waals surface area contributed by atoms with Crippen molar-refractivity contribution >= 4 is 11.0 Å². The lowest BCUT2D eigenvalue weighted by atomic mass is 10.2. The molecule has 0 saturated carbocycles. The van der Waals surface area contributed by atoms with Gasteiger partial charge in [-0.25, -0.2) is 4.98 Å². The highest BCUT2D eigenvalue weighted by Crippen LogP contribution is 2.28. The number of hydrogen-bond acceptors (Lipinski definition) is 4. The summed E-state index contributed by atoms with van der Waals surface area (Å²) >= 11 is 0. The number of nitrogens with one attached hydrogen (secondary N) is 1. The first-order valence-corrected chi connectivity index (χ1v) is 5.88. The Morgan fingerprint density at radius 3 is 2.89 bits per heavy atom. The highest BCUT2D eigenvalue weighted by Gasteiger charge is 2.10. The number of aromatic amines is 1. The smallest absolute Gasteiger partial charge is 0.142 e. The third kappa shape index (κ3) is 2.18. The Labute approximate surface area is 110 Å². The predicted octanol–water partition coefficient (Wildman–Crippen LogP) is 2.58. The highest BCUT2D eigenvalue weighted by atomic mass is 16.5. The van der Waals surface area contributed by atoms with E-state index in [1.807, 2.05) is 24.3 Å². The van der Waals surface area contributed by atoms with E-state index in [2.05, 4.69) is 26.7 Å². The number of benzene rings is 1. The molecule has 0 bridgehead atoms. The number of imidazole rings is 1. The lowest BCUT2D eigenvalue weighted by molar-refractivity contribution is 0.364. The zero-order valence-electron chi connectivity index (χ0n) is 10.2. The Balaban J connectivity index is 2.07. The lowest BCUT2D eigenvalue weighted by Crippen LogP contribution is -1.95. The van der Waals surface area contributed by atoms with Crippen LogP contribution in [-0.2, 0) is 0 Å². The SMILES string of the molecule is C=CCOc1ccccc1-c1nc2cnncc2[nH]1. The molecule has 5 nitrogen and oxygen atoms in total. The minimum Gasteiger partial charge on any atom is -0.489 e. The molecule has 2 aromatic heterocycles. The van der Waals surface area contributed by atoms with Gasteiger partial charge in [-0.1, -0.05) is 24.8 Å². The van der Waals surface area contributed by atoms with Crippen molar-refractivity contribution in [1.29, 1.82) is 0 Å². The van der Waals surface area contributed by atoms with Gasteiger partial charge in [0.15, 0.2) is 0 Å². The van der Waals surface area contributed by atoms with E-state index in [1.165, 1.54) is 0 Å². The van der Waals surface area contributed by atoms with Crippen LogP contribution >= 0.6 is 0 Å². The van der Waals surface area contributed by atoms with Crippen LogP contribution in [0.15, 0.2) is 49.3 Å². The van der Waals surface area contributed by atoms with E-state index in [-0.39, 0.29) is 0 Å². The van der Waals surface area contributed by atoms with Crippen molar-refractivity contribution in [3.8, 4) is 17.1 Å². The molecule has 19 heavy (non-hydrogen) atoms. The van der Waals surface area contributed by atoms with Crippen LogP contribution in [0.1, 0.15) is 0 Å². The summed E-state index contributed by atoms with van der Waals surface area (Å²) in [6.07, 6.45) is 4.99. The van der Waals surface area contributed by atoms with Gasteiger partial charge in [-0.3, -0.25) is 0 Å². The number of H-pyrrole nitrogens is 1. The maximum atomic E-state index is 5.63. The monoisotopic (exact) mass is 252 g/mol. The van der Waals surface area contributed by atoms with Gasteiger partial charge in [0.2, 0.25) is 0 Å². The molecule has 0 saturated heterocycles. The van der Waals surface area contributed by atoms with Gasteiger partial charge in [0.25, 0.3) is 0 Å². The van der Waals surface area contributed by atoms with Crippen molar-refractivity contribution in [2.75, 3.05) is 6.61 Å². The molecule has 0 fully saturated rings. The van der Waals surface area contributed by atoms with Crippen LogP contribution in [0.5, 0.6) is 5.75 Å². The molecule has 0 aliphatic rings. The van der Waals surface area contributed by atoms with Crippen LogP contribution < -0.4 is 4.74 Å². The van der Waals surface area contributed by atoms with Crippen LogP contribution in [0.3, 0.4) is 0 Å². The maximum Gasteiger partial charge on any atom is 0.142 e. The summed E-state index contributed by atoms with van der Waals surface area (Å²) in [7, 11) is 0. The zero-order chi connectivity index (χ0) is 13.1. The minimum atomic E-state index is 0.459. The average Bonchev–Trinajstić information content (AvgIpc) is 2.89. The van der Waals surface area contributed by atoms with Crippen molar-refractivity contribution in [2.24, 2.45) is 0 Å². The Morgan fingerprint density at radius 1 is 1.21 bits per heavy atom. The van der Waals surface area contributed by atoms with Gasteiger partial charge in [0.05, 0.1) is 23.5 Å². The molecular formula is C14H12N4O. The first-order chi connectivity index (χ1) is 9.38. The lowest BCUT2D eigenvalue weighted by Gasteiger charge is -2.07. The molecule has 0 atom stereocenters. The number of para-hydroxylation sites is 1. The molecule has 2 heterocycles. The van der Waals surface area contributed by atoms with E-state index in [9.17, 15) is 0 Å². The highest BCUT2D eigenvalue weighted by molar-refractivity contribution is 5.79. The van der Waals surface area contributed by atoms with E-state index in [1.54, 1.807) is 18.5 Å². The summed E-state index contributed by atoms with van der Waals surface area (Å²) in [6.45, 7) is 4.11. The standard InChI is InChI=1S/C14H12N4O/c1-2-7-19-13-6-4-3-5-10(13)14-17-11-8-15-16-9-12(11)18-14/h2-6,8-9H,1,7H2,(H,17,18). The van der Waals surface area contributed by atoms with E-state index in [4.69, 9.17) is 4.74 Å². The minimum absolute atomic E-state index is 0.459. The quantitative estimate of drug-likeness (QED) is 0.725. The van der Waals surface area contributed by atoms with Crippen molar-refractivity contribution in [2.45, 2.75) is 0 Å². The summed E-state index contributed by atoms with van der Waals surface area (Å²) in [5.74, 6) is 1.51. The summed E-state index contributed by atoms with van der Waals surface area (Å²) < 4.78 is 5.63. The Bertz CT molecular complexity index is 687. The number of aromatic nitrogens is 4. The molecular weight excluding hydrogens is 240 g/mol. The molecule has 0 unspecified atom stereocenters. The summed E-state index contributed by atoms with van der Waals surface area (Å²) in [5.41, 5.74) is 2.53. The molecule has 1 N–H and O–H groups in total. The third-order valence-corrected chi connectivity index (χ3v) is 2.69. The number of nitrogens with zero attached hydrogens (tertiary/aromatic N) is 3. The number of fused-ring (bicyclic) bond motifs is 1. The Kier molecular flexibility index (Phi) is 2.94. The molecule has 0 radical (unpaired) electrons. The van der Waals surface area contributed by atoms with Gasteiger partial charge in [-0.2, -0.15) is 10.2 Å². The van der Waals surface area contributed by atoms with E-state index in [0.717, 1.165) is 28.2 Å². The molecule has 5 heteroatoms. The molecule has 3 rings (SSSR count).